The lowest BCUT2D eigenvalue weighted by molar-refractivity contribution is -0.129. The fourth-order valence-corrected chi connectivity index (χ4v) is 4.13. The summed E-state index contributed by atoms with van der Waals surface area (Å²) in [6, 6.07) is 10.6. The number of nitriles is 1. The lowest BCUT2D eigenvalue weighted by Gasteiger charge is -2.19. The molecule has 0 aliphatic rings. The van der Waals surface area contributed by atoms with Gasteiger partial charge in [-0.3, -0.25) is 14.5 Å². The van der Waals surface area contributed by atoms with Gasteiger partial charge in [0.2, 0.25) is 0 Å². The normalized spacial score (nSPS) is 11.7. The second-order valence-electron chi connectivity index (χ2n) is 5.46. The van der Waals surface area contributed by atoms with Crippen LogP contribution in [-0.2, 0) is 11.2 Å². The van der Waals surface area contributed by atoms with Crippen molar-refractivity contribution in [1.29, 1.82) is 5.26 Å². The summed E-state index contributed by atoms with van der Waals surface area (Å²) in [5, 5.41) is 16.7. The zero-order valence-electron chi connectivity index (χ0n) is 13.4. The Hall–Kier alpha value is -2.69. The molecule has 3 aromatic rings. The van der Waals surface area contributed by atoms with Gasteiger partial charge >= 0.3 is 0 Å². The van der Waals surface area contributed by atoms with E-state index in [-0.39, 0.29) is 5.91 Å². The van der Waals surface area contributed by atoms with E-state index < -0.39 is 11.9 Å². The van der Waals surface area contributed by atoms with E-state index in [1.807, 2.05) is 35.8 Å². The maximum atomic E-state index is 12.5. The van der Waals surface area contributed by atoms with Gasteiger partial charge in [-0.25, -0.2) is 0 Å². The van der Waals surface area contributed by atoms with Crippen LogP contribution in [0.5, 0.6) is 0 Å². The van der Waals surface area contributed by atoms with Gasteiger partial charge in [0.15, 0.2) is 6.19 Å². The highest BCUT2D eigenvalue weighted by Gasteiger charge is 2.26. The van der Waals surface area contributed by atoms with Crippen LogP contribution in [0.3, 0.4) is 0 Å². The molecular weight excluding hydrogens is 354 g/mol. The Labute approximate surface area is 153 Å². The van der Waals surface area contributed by atoms with E-state index in [4.69, 9.17) is 5.26 Å². The van der Waals surface area contributed by atoms with Crippen molar-refractivity contribution in [3.8, 4) is 6.19 Å². The summed E-state index contributed by atoms with van der Waals surface area (Å²) in [6.07, 6.45) is 2.15. The lowest BCUT2D eigenvalue weighted by Crippen LogP contribution is -2.47. The summed E-state index contributed by atoms with van der Waals surface area (Å²) < 4.78 is 1.13. The molecule has 3 rings (SSSR count). The highest BCUT2D eigenvalue weighted by molar-refractivity contribution is 7.17. The predicted octanol–water partition coefficient (Wildman–Crippen LogP) is 3.24. The number of nitrogens with one attached hydrogen (secondary N) is 1. The predicted molar refractivity (Wildman–Crippen MR) is 99.5 cm³/mol. The minimum Gasteiger partial charge on any atom is -0.339 e. The Morgan fingerprint density at radius 2 is 2.04 bits per heavy atom. The van der Waals surface area contributed by atoms with Gasteiger partial charge < -0.3 is 5.32 Å². The molecule has 0 aliphatic heterocycles. The minimum atomic E-state index is -0.794. The van der Waals surface area contributed by atoms with Crippen LogP contribution in [-0.4, -0.2) is 29.8 Å². The molecule has 0 spiro atoms. The van der Waals surface area contributed by atoms with E-state index in [9.17, 15) is 9.59 Å². The first-order valence-electron chi connectivity index (χ1n) is 7.57. The third-order valence-corrected chi connectivity index (χ3v) is 5.70. The zero-order valence-corrected chi connectivity index (χ0v) is 15.1. The topological polar surface area (TPSA) is 73.2 Å². The molecule has 126 valence electrons. The largest absolute Gasteiger partial charge is 0.339 e. The first kappa shape index (κ1) is 17.1. The molecule has 1 unspecified atom stereocenters. The maximum absolute atomic E-state index is 12.5. The van der Waals surface area contributed by atoms with Gasteiger partial charge in [-0.05, 0) is 33.8 Å². The summed E-state index contributed by atoms with van der Waals surface area (Å²) in [5.41, 5.74) is 0.983. The summed E-state index contributed by atoms with van der Waals surface area (Å²) in [5.74, 6) is -0.734. The van der Waals surface area contributed by atoms with Crippen molar-refractivity contribution in [2.75, 3.05) is 7.05 Å². The molecule has 1 N–H and O–H groups in total. The fourth-order valence-electron chi connectivity index (χ4n) is 2.53. The molecule has 5 nitrogen and oxygen atoms in total. The number of benzene rings is 1. The summed E-state index contributed by atoms with van der Waals surface area (Å²) in [7, 11) is 1.40. The smallest absolute Gasteiger partial charge is 0.262 e. The first-order chi connectivity index (χ1) is 12.1. The highest BCUT2D eigenvalue weighted by atomic mass is 32.1. The lowest BCUT2D eigenvalue weighted by atomic mass is 10.0. The van der Waals surface area contributed by atoms with Gasteiger partial charge in [0.25, 0.3) is 11.8 Å². The number of likely N-dealkylation sites (N-methyl/N-ethyl adjacent to an activating group) is 1. The average Bonchev–Trinajstić information content (AvgIpc) is 3.30. The van der Waals surface area contributed by atoms with Gasteiger partial charge in [-0.15, -0.1) is 22.7 Å². The van der Waals surface area contributed by atoms with E-state index in [1.54, 1.807) is 28.8 Å². The number of hydrogen-bond acceptors (Lipinski definition) is 5. The van der Waals surface area contributed by atoms with Crippen molar-refractivity contribution in [1.82, 2.24) is 10.2 Å². The van der Waals surface area contributed by atoms with Crippen LogP contribution in [0.4, 0.5) is 0 Å². The number of fused-ring (bicyclic) bond motifs is 1. The molecule has 1 aromatic carbocycles. The van der Waals surface area contributed by atoms with Crippen molar-refractivity contribution in [3.05, 3.63) is 57.6 Å². The average molecular weight is 369 g/mol. The monoisotopic (exact) mass is 369 g/mol. The Kier molecular flexibility index (Phi) is 5.12. The van der Waals surface area contributed by atoms with Gasteiger partial charge in [-0.2, -0.15) is 5.26 Å². The van der Waals surface area contributed by atoms with Gasteiger partial charge in [0.05, 0.1) is 4.88 Å². The number of rotatable bonds is 5. The van der Waals surface area contributed by atoms with Crippen LogP contribution in [0.1, 0.15) is 15.2 Å². The van der Waals surface area contributed by atoms with Gasteiger partial charge in [-0.1, -0.05) is 24.3 Å². The fraction of sp³-hybridized carbons (Fsp3) is 0.167. The van der Waals surface area contributed by atoms with Crippen molar-refractivity contribution in [2.45, 2.75) is 12.5 Å². The molecule has 2 amide bonds. The van der Waals surface area contributed by atoms with Crippen LogP contribution in [0.25, 0.3) is 10.1 Å². The molecule has 1 atom stereocenters. The molecule has 7 heteroatoms. The van der Waals surface area contributed by atoms with E-state index in [2.05, 4.69) is 5.32 Å². The van der Waals surface area contributed by atoms with Crippen LogP contribution in [0.2, 0.25) is 0 Å². The third kappa shape index (κ3) is 3.71. The van der Waals surface area contributed by atoms with E-state index in [0.717, 1.165) is 20.5 Å². The van der Waals surface area contributed by atoms with Crippen LogP contribution in [0, 0.1) is 11.5 Å². The number of thiophene rings is 2. The summed E-state index contributed by atoms with van der Waals surface area (Å²) in [6.45, 7) is 0. The van der Waals surface area contributed by atoms with E-state index in [1.165, 1.54) is 18.4 Å². The molecule has 25 heavy (non-hydrogen) atoms. The van der Waals surface area contributed by atoms with Crippen molar-refractivity contribution in [2.24, 2.45) is 0 Å². The second kappa shape index (κ2) is 7.47. The van der Waals surface area contributed by atoms with Gasteiger partial charge in [0.1, 0.15) is 6.04 Å². The van der Waals surface area contributed by atoms with Gasteiger partial charge in [0, 0.05) is 18.2 Å². The zero-order chi connectivity index (χ0) is 17.8. The molecule has 2 aromatic heterocycles. The minimum absolute atomic E-state index is 0.306. The number of carbonyl (C=O) groups excluding carboxylic acids is 2. The number of nitrogens with zero attached hydrogens (tertiary/aromatic N) is 2. The second-order valence-corrected chi connectivity index (χ2v) is 7.32. The molecule has 0 aliphatic carbocycles. The van der Waals surface area contributed by atoms with Crippen molar-refractivity contribution >= 4 is 44.6 Å². The summed E-state index contributed by atoms with van der Waals surface area (Å²) in [4.78, 5) is 26.4. The van der Waals surface area contributed by atoms with E-state index >= 15 is 0 Å². The molecule has 0 radical (unpaired) electrons. The van der Waals surface area contributed by atoms with Crippen LogP contribution in [0.15, 0.2) is 47.2 Å². The Morgan fingerprint density at radius 3 is 2.76 bits per heavy atom. The molecule has 2 heterocycles. The molecule has 0 saturated heterocycles. The quantitative estimate of drug-likeness (QED) is 0.554. The van der Waals surface area contributed by atoms with Crippen molar-refractivity contribution < 1.29 is 9.59 Å². The number of amides is 2. The molecule has 0 bridgehead atoms. The Balaban J connectivity index is 1.87. The van der Waals surface area contributed by atoms with Crippen LogP contribution < -0.4 is 5.32 Å². The molecular formula is C18H15N3O2S2. The Morgan fingerprint density at radius 1 is 1.24 bits per heavy atom. The van der Waals surface area contributed by atoms with E-state index in [0.29, 0.717) is 11.3 Å². The summed E-state index contributed by atoms with van der Waals surface area (Å²) >= 11 is 2.91. The number of carbonyl (C=O) groups is 2. The molecule has 0 fully saturated rings. The number of hydrogen-bond donors (Lipinski definition) is 1. The Bertz CT molecular complexity index is 941. The van der Waals surface area contributed by atoms with Crippen LogP contribution >= 0.6 is 22.7 Å². The first-order valence-corrected chi connectivity index (χ1v) is 9.33. The van der Waals surface area contributed by atoms with Crippen molar-refractivity contribution in [3.63, 3.8) is 0 Å². The molecule has 0 saturated carbocycles. The maximum Gasteiger partial charge on any atom is 0.262 e. The highest BCUT2D eigenvalue weighted by Crippen LogP contribution is 2.27. The third-order valence-electron chi connectivity index (χ3n) is 3.81. The SMILES string of the molecule is CN(C#N)C(=O)C(Cc1csc2ccccc12)NC(=O)c1cccs1. The standard InChI is InChI=1S/C18H15N3O2S2/c1-21(11-19)18(23)14(20-17(22)16-7-4-8-24-16)9-12-10-25-15-6-3-2-5-13(12)15/h2-8,10,14H,9H2,1H3,(H,20,22).